The lowest BCUT2D eigenvalue weighted by atomic mass is 9.99. The van der Waals surface area contributed by atoms with E-state index in [9.17, 15) is 8.42 Å². The van der Waals surface area contributed by atoms with Crippen molar-refractivity contribution in [3.63, 3.8) is 0 Å². The lowest BCUT2D eigenvalue weighted by Crippen LogP contribution is -2.41. The molecule has 1 saturated heterocycles. The van der Waals surface area contributed by atoms with E-state index in [0.717, 1.165) is 41.8 Å². The predicted octanol–water partition coefficient (Wildman–Crippen LogP) is 3.49. The number of aromatic nitrogens is 1. The van der Waals surface area contributed by atoms with Crippen LogP contribution in [0.25, 0.3) is 10.8 Å². The van der Waals surface area contributed by atoms with Crippen molar-refractivity contribution >= 4 is 37.3 Å². The number of rotatable bonds is 5. The minimum absolute atomic E-state index is 0.294. The van der Waals surface area contributed by atoms with Crippen molar-refractivity contribution in [1.82, 2.24) is 9.71 Å². The standard InChI is InChI=1S/C19H21N3O2S2/c23-26(24,18-8-7-16-5-1-2-6-17(16)12-18)21-13-15-4-3-10-22(14-15)19-20-9-11-25-19/h1-2,5-9,11-12,15,21H,3-4,10,13-14H2. The molecule has 136 valence electrons. The Morgan fingerprint density at radius 2 is 2.04 bits per heavy atom. The van der Waals surface area contributed by atoms with Crippen LogP contribution in [0.15, 0.2) is 58.9 Å². The number of fused-ring (bicyclic) bond motifs is 1. The van der Waals surface area contributed by atoms with E-state index in [-0.39, 0.29) is 0 Å². The molecular weight excluding hydrogens is 366 g/mol. The van der Waals surface area contributed by atoms with Gasteiger partial charge in [0.1, 0.15) is 0 Å². The number of thiazole rings is 1. The molecule has 7 heteroatoms. The highest BCUT2D eigenvalue weighted by molar-refractivity contribution is 7.89. The summed E-state index contributed by atoms with van der Waals surface area (Å²) in [5, 5.41) is 4.97. The van der Waals surface area contributed by atoms with Crippen molar-refractivity contribution in [2.75, 3.05) is 24.5 Å². The van der Waals surface area contributed by atoms with Crippen molar-refractivity contribution in [2.24, 2.45) is 5.92 Å². The van der Waals surface area contributed by atoms with E-state index in [1.807, 2.05) is 41.9 Å². The Morgan fingerprint density at radius 3 is 2.85 bits per heavy atom. The summed E-state index contributed by atoms with van der Waals surface area (Å²) in [6.45, 7) is 2.28. The van der Waals surface area contributed by atoms with Gasteiger partial charge in [-0.25, -0.2) is 18.1 Å². The van der Waals surface area contributed by atoms with E-state index < -0.39 is 10.0 Å². The summed E-state index contributed by atoms with van der Waals surface area (Å²) in [7, 11) is -3.50. The third kappa shape index (κ3) is 3.75. The molecule has 1 fully saturated rings. The number of hydrogen-bond acceptors (Lipinski definition) is 5. The molecule has 4 rings (SSSR count). The Bertz CT molecular complexity index is 987. The number of benzene rings is 2. The van der Waals surface area contributed by atoms with Crippen LogP contribution in [0.1, 0.15) is 12.8 Å². The van der Waals surface area contributed by atoms with Gasteiger partial charge >= 0.3 is 0 Å². The molecule has 0 amide bonds. The summed E-state index contributed by atoms with van der Waals surface area (Å²) < 4.78 is 28.2. The second-order valence-electron chi connectivity index (χ2n) is 6.63. The van der Waals surface area contributed by atoms with Gasteiger partial charge in [-0.1, -0.05) is 30.3 Å². The number of nitrogens with one attached hydrogen (secondary N) is 1. The molecule has 0 spiro atoms. The SMILES string of the molecule is O=S(=O)(NCC1CCCN(c2nccs2)C1)c1ccc2ccccc2c1. The van der Waals surface area contributed by atoms with E-state index in [2.05, 4.69) is 14.6 Å². The molecule has 1 N–H and O–H groups in total. The summed E-state index contributed by atoms with van der Waals surface area (Å²) in [4.78, 5) is 6.94. The van der Waals surface area contributed by atoms with Crippen LogP contribution in [0, 0.1) is 5.92 Å². The van der Waals surface area contributed by atoms with Crippen molar-refractivity contribution < 1.29 is 8.42 Å². The van der Waals surface area contributed by atoms with Gasteiger partial charge in [-0.3, -0.25) is 0 Å². The van der Waals surface area contributed by atoms with Crippen molar-refractivity contribution in [1.29, 1.82) is 0 Å². The van der Waals surface area contributed by atoms with Crippen LogP contribution in [0.5, 0.6) is 0 Å². The van der Waals surface area contributed by atoms with Crippen LogP contribution >= 0.6 is 11.3 Å². The first-order valence-corrected chi connectivity index (χ1v) is 11.1. The van der Waals surface area contributed by atoms with E-state index in [1.165, 1.54) is 0 Å². The summed E-state index contributed by atoms with van der Waals surface area (Å²) in [6, 6.07) is 13.0. The highest BCUT2D eigenvalue weighted by atomic mass is 32.2. The third-order valence-electron chi connectivity index (χ3n) is 4.80. The van der Waals surface area contributed by atoms with Crippen LogP contribution in [-0.4, -0.2) is 33.0 Å². The number of hydrogen-bond donors (Lipinski definition) is 1. The quantitative estimate of drug-likeness (QED) is 0.728. The molecule has 0 radical (unpaired) electrons. The molecule has 1 aliphatic rings. The van der Waals surface area contributed by atoms with Gasteiger partial charge in [0.05, 0.1) is 4.90 Å². The van der Waals surface area contributed by atoms with E-state index >= 15 is 0 Å². The number of anilines is 1. The van der Waals surface area contributed by atoms with Crippen LogP contribution in [0.2, 0.25) is 0 Å². The lowest BCUT2D eigenvalue weighted by Gasteiger charge is -2.32. The molecule has 2 heterocycles. The highest BCUT2D eigenvalue weighted by Crippen LogP contribution is 2.25. The first kappa shape index (κ1) is 17.5. The molecule has 1 aromatic heterocycles. The molecule has 1 atom stereocenters. The fourth-order valence-electron chi connectivity index (χ4n) is 3.42. The number of piperidine rings is 1. The summed E-state index contributed by atoms with van der Waals surface area (Å²) in [5.74, 6) is 0.294. The van der Waals surface area contributed by atoms with E-state index in [4.69, 9.17) is 0 Å². The first-order valence-electron chi connectivity index (χ1n) is 8.75. The molecule has 1 unspecified atom stereocenters. The predicted molar refractivity (Wildman–Crippen MR) is 106 cm³/mol. The smallest absolute Gasteiger partial charge is 0.240 e. The third-order valence-corrected chi connectivity index (χ3v) is 7.06. The van der Waals surface area contributed by atoms with Crippen LogP contribution < -0.4 is 9.62 Å². The fraction of sp³-hybridized carbons (Fsp3) is 0.316. The minimum atomic E-state index is -3.50. The van der Waals surface area contributed by atoms with Crippen molar-refractivity contribution in [2.45, 2.75) is 17.7 Å². The van der Waals surface area contributed by atoms with Crippen LogP contribution in [0.3, 0.4) is 0 Å². The van der Waals surface area contributed by atoms with Crippen LogP contribution in [0.4, 0.5) is 5.13 Å². The zero-order valence-electron chi connectivity index (χ0n) is 14.3. The topological polar surface area (TPSA) is 62.3 Å². The molecule has 5 nitrogen and oxygen atoms in total. The lowest BCUT2D eigenvalue weighted by molar-refractivity contribution is 0.410. The van der Waals surface area contributed by atoms with Gasteiger partial charge in [-0.2, -0.15) is 0 Å². The fourth-order valence-corrected chi connectivity index (χ4v) is 5.25. The first-order chi connectivity index (χ1) is 12.6. The maximum absolute atomic E-state index is 12.7. The Morgan fingerprint density at radius 1 is 1.19 bits per heavy atom. The highest BCUT2D eigenvalue weighted by Gasteiger charge is 2.23. The maximum Gasteiger partial charge on any atom is 0.240 e. The number of nitrogens with zero attached hydrogens (tertiary/aromatic N) is 2. The second-order valence-corrected chi connectivity index (χ2v) is 9.27. The largest absolute Gasteiger partial charge is 0.348 e. The van der Waals surface area contributed by atoms with Crippen molar-refractivity contribution in [3.05, 3.63) is 54.0 Å². The molecule has 0 bridgehead atoms. The zero-order valence-corrected chi connectivity index (χ0v) is 16.0. The summed E-state index contributed by atoms with van der Waals surface area (Å²) in [5.41, 5.74) is 0. The normalized spacial score (nSPS) is 18.3. The molecule has 2 aromatic carbocycles. The van der Waals surface area contributed by atoms with Gasteiger partial charge in [-0.05, 0) is 41.7 Å². The van der Waals surface area contributed by atoms with Gasteiger partial charge in [0.2, 0.25) is 10.0 Å². The second kappa shape index (κ2) is 7.34. The monoisotopic (exact) mass is 387 g/mol. The molecule has 0 saturated carbocycles. The van der Waals surface area contributed by atoms with E-state index in [1.54, 1.807) is 23.5 Å². The number of sulfonamides is 1. The molecular formula is C19H21N3O2S2. The van der Waals surface area contributed by atoms with Crippen molar-refractivity contribution in [3.8, 4) is 0 Å². The minimum Gasteiger partial charge on any atom is -0.348 e. The van der Waals surface area contributed by atoms with Gasteiger partial charge in [0.15, 0.2) is 5.13 Å². The Balaban J connectivity index is 1.44. The molecule has 0 aliphatic carbocycles. The van der Waals surface area contributed by atoms with Crippen LogP contribution in [-0.2, 0) is 10.0 Å². The van der Waals surface area contributed by atoms with E-state index in [0.29, 0.717) is 17.4 Å². The summed E-state index contributed by atoms with van der Waals surface area (Å²) in [6.07, 6.45) is 3.90. The zero-order chi connectivity index (χ0) is 18.0. The molecule has 3 aromatic rings. The Kier molecular flexibility index (Phi) is 4.93. The Labute approximate surface area is 157 Å². The molecule has 1 aliphatic heterocycles. The Hall–Kier alpha value is -1.96. The maximum atomic E-state index is 12.7. The summed E-state index contributed by atoms with van der Waals surface area (Å²) >= 11 is 1.63. The molecule has 26 heavy (non-hydrogen) atoms. The average Bonchev–Trinajstić information content (AvgIpc) is 3.21. The average molecular weight is 388 g/mol. The van der Waals surface area contributed by atoms with Gasteiger partial charge in [0.25, 0.3) is 0 Å². The van der Waals surface area contributed by atoms with Gasteiger partial charge in [0, 0.05) is 31.2 Å². The van der Waals surface area contributed by atoms with Gasteiger partial charge in [-0.15, -0.1) is 11.3 Å². The van der Waals surface area contributed by atoms with Gasteiger partial charge < -0.3 is 4.90 Å².